The molecular formula is C10H11NO3. The van der Waals surface area contributed by atoms with Crippen LogP contribution in [-0.2, 0) is 9.59 Å². The first-order valence-electron chi connectivity index (χ1n) is 4.42. The van der Waals surface area contributed by atoms with Gasteiger partial charge in [0.15, 0.2) is 11.5 Å². The van der Waals surface area contributed by atoms with Gasteiger partial charge in [-0.1, -0.05) is 13.8 Å². The molecule has 0 fully saturated rings. The van der Waals surface area contributed by atoms with Crippen molar-refractivity contribution < 1.29 is 14.7 Å². The van der Waals surface area contributed by atoms with Gasteiger partial charge in [-0.15, -0.1) is 0 Å². The Morgan fingerprint density at radius 3 is 2.71 bits per heavy atom. The summed E-state index contributed by atoms with van der Waals surface area (Å²) in [6.07, 6.45) is 1.79. The molecule has 0 saturated heterocycles. The molecule has 1 heterocycles. The quantitative estimate of drug-likeness (QED) is 0.598. The minimum absolute atomic E-state index is 0.0220. The van der Waals surface area contributed by atoms with Crippen molar-refractivity contribution in [3.05, 3.63) is 23.1 Å². The molecular weight excluding hydrogens is 182 g/mol. The number of aliphatic hydroxyl groups is 1. The van der Waals surface area contributed by atoms with E-state index in [1.165, 1.54) is 6.08 Å². The number of carbonyl (C=O) groups is 2. The Balaban J connectivity index is 2.53. The Morgan fingerprint density at radius 2 is 2.07 bits per heavy atom. The summed E-state index contributed by atoms with van der Waals surface area (Å²) in [6, 6.07) is 0. The number of hydrogen-bond donors (Lipinski definition) is 2. The van der Waals surface area contributed by atoms with Crippen LogP contribution in [0.1, 0.15) is 20.3 Å². The van der Waals surface area contributed by atoms with Gasteiger partial charge in [0.2, 0.25) is 0 Å². The van der Waals surface area contributed by atoms with E-state index in [0.717, 1.165) is 0 Å². The number of rotatable bonds is 0. The van der Waals surface area contributed by atoms with Crippen molar-refractivity contribution in [1.82, 2.24) is 5.32 Å². The first-order valence-corrected chi connectivity index (χ1v) is 4.42. The van der Waals surface area contributed by atoms with E-state index in [0.29, 0.717) is 17.7 Å². The van der Waals surface area contributed by atoms with E-state index in [2.05, 4.69) is 5.32 Å². The van der Waals surface area contributed by atoms with Gasteiger partial charge in [0, 0.05) is 17.1 Å². The van der Waals surface area contributed by atoms with Crippen LogP contribution in [0.25, 0.3) is 0 Å². The van der Waals surface area contributed by atoms with Gasteiger partial charge in [-0.3, -0.25) is 9.59 Å². The molecule has 0 saturated carbocycles. The normalized spacial score (nSPS) is 24.6. The number of nitrogens with one attached hydrogen (secondary N) is 1. The molecule has 2 rings (SSSR count). The highest BCUT2D eigenvalue weighted by Gasteiger charge is 2.39. The van der Waals surface area contributed by atoms with E-state index < -0.39 is 11.3 Å². The number of aliphatic hydroxyl groups excluding tert-OH is 1. The summed E-state index contributed by atoms with van der Waals surface area (Å²) in [5, 5.41) is 11.9. The summed E-state index contributed by atoms with van der Waals surface area (Å²) in [7, 11) is 0. The largest absolute Gasteiger partial charge is 0.503 e. The molecule has 0 bridgehead atoms. The van der Waals surface area contributed by atoms with Gasteiger partial charge in [-0.2, -0.15) is 0 Å². The second kappa shape index (κ2) is 2.47. The number of amides is 1. The van der Waals surface area contributed by atoms with Crippen LogP contribution in [0.5, 0.6) is 0 Å². The standard InChI is InChI=1S/C10H11NO3/c1-10(2)4-5-6(3-7(10)12)11-9(14)8(5)13/h3,13H,4H2,1-2H3,(H,11,14). The zero-order chi connectivity index (χ0) is 10.5. The summed E-state index contributed by atoms with van der Waals surface area (Å²) in [5.74, 6) is -0.792. The van der Waals surface area contributed by atoms with Crippen LogP contribution >= 0.6 is 0 Å². The number of carbonyl (C=O) groups excluding carboxylic acids is 2. The number of ketones is 1. The van der Waals surface area contributed by atoms with E-state index in [4.69, 9.17) is 0 Å². The zero-order valence-corrected chi connectivity index (χ0v) is 8.05. The lowest BCUT2D eigenvalue weighted by molar-refractivity contribution is -0.122. The maximum atomic E-state index is 11.5. The van der Waals surface area contributed by atoms with Crippen molar-refractivity contribution in [2.45, 2.75) is 20.3 Å². The molecule has 1 amide bonds. The summed E-state index contributed by atoms with van der Waals surface area (Å²) >= 11 is 0. The topological polar surface area (TPSA) is 66.4 Å². The zero-order valence-electron chi connectivity index (χ0n) is 8.05. The highest BCUT2D eigenvalue weighted by Crippen LogP contribution is 2.37. The molecule has 4 nitrogen and oxygen atoms in total. The third-order valence-electron chi connectivity index (χ3n) is 2.64. The lowest BCUT2D eigenvalue weighted by atomic mass is 9.76. The molecule has 1 aliphatic carbocycles. The Bertz CT molecular complexity index is 402. The first-order chi connectivity index (χ1) is 6.42. The molecule has 0 atom stereocenters. The number of fused-ring (bicyclic) bond motifs is 1. The molecule has 74 valence electrons. The van der Waals surface area contributed by atoms with E-state index in [1.807, 2.05) is 0 Å². The fraction of sp³-hybridized carbons (Fsp3) is 0.400. The first kappa shape index (κ1) is 8.99. The van der Waals surface area contributed by atoms with Crippen LogP contribution in [0.15, 0.2) is 23.1 Å². The number of allylic oxidation sites excluding steroid dienone is 2. The minimum atomic E-state index is -0.529. The van der Waals surface area contributed by atoms with E-state index in [9.17, 15) is 14.7 Å². The summed E-state index contributed by atoms with van der Waals surface area (Å²) in [4.78, 5) is 22.6. The molecule has 4 heteroatoms. The average molecular weight is 193 g/mol. The molecule has 14 heavy (non-hydrogen) atoms. The second-order valence-electron chi connectivity index (χ2n) is 4.26. The van der Waals surface area contributed by atoms with E-state index in [-0.39, 0.29) is 11.5 Å². The van der Waals surface area contributed by atoms with Crippen molar-refractivity contribution in [2.75, 3.05) is 0 Å². The lowest BCUT2D eigenvalue weighted by Crippen LogP contribution is -2.29. The molecule has 2 N–H and O–H groups in total. The fourth-order valence-electron chi connectivity index (χ4n) is 1.68. The lowest BCUT2D eigenvalue weighted by Gasteiger charge is -2.26. The maximum Gasteiger partial charge on any atom is 0.290 e. The summed E-state index contributed by atoms with van der Waals surface area (Å²) in [5.41, 5.74) is 0.482. The highest BCUT2D eigenvalue weighted by molar-refractivity contribution is 6.04. The predicted octanol–water partition coefficient (Wildman–Crippen LogP) is 0.811. The molecule has 0 aromatic rings. The van der Waals surface area contributed by atoms with Gasteiger partial charge in [0.25, 0.3) is 5.91 Å². The third-order valence-corrected chi connectivity index (χ3v) is 2.64. The molecule has 0 aromatic carbocycles. The smallest absolute Gasteiger partial charge is 0.290 e. The van der Waals surface area contributed by atoms with Crippen LogP contribution in [0, 0.1) is 5.41 Å². The van der Waals surface area contributed by atoms with Crippen LogP contribution < -0.4 is 5.32 Å². The Morgan fingerprint density at radius 1 is 1.43 bits per heavy atom. The van der Waals surface area contributed by atoms with Gasteiger partial charge >= 0.3 is 0 Å². The van der Waals surface area contributed by atoms with E-state index in [1.54, 1.807) is 13.8 Å². The van der Waals surface area contributed by atoms with Gasteiger partial charge in [0.05, 0.1) is 5.70 Å². The predicted molar refractivity (Wildman–Crippen MR) is 49.3 cm³/mol. The second-order valence-corrected chi connectivity index (χ2v) is 4.26. The Hall–Kier alpha value is -1.58. The van der Waals surface area contributed by atoms with E-state index >= 15 is 0 Å². The van der Waals surface area contributed by atoms with Crippen molar-refractivity contribution in [2.24, 2.45) is 5.41 Å². The Kier molecular flexibility index (Phi) is 1.58. The molecule has 2 aliphatic rings. The Labute approximate surface area is 81.3 Å². The summed E-state index contributed by atoms with van der Waals surface area (Å²) < 4.78 is 0. The SMILES string of the molecule is CC1(C)CC2=C(O)C(=O)NC2=CC1=O. The fourth-order valence-corrected chi connectivity index (χ4v) is 1.68. The monoisotopic (exact) mass is 193 g/mol. The van der Waals surface area contributed by atoms with Crippen molar-refractivity contribution >= 4 is 11.7 Å². The minimum Gasteiger partial charge on any atom is -0.503 e. The molecule has 0 spiro atoms. The highest BCUT2D eigenvalue weighted by atomic mass is 16.3. The molecule has 0 radical (unpaired) electrons. The van der Waals surface area contributed by atoms with Gasteiger partial charge < -0.3 is 10.4 Å². The maximum absolute atomic E-state index is 11.5. The van der Waals surface area contributed by atoms with Crippen molar-refractivity contribution in [3.63, 3.8) is 0 Å². The van der Waals surface area contributed by atoms with Gasteiger partial charge in [-0.25, -0.2) is 0 Å². The van der Waals surface area contributed by atoms with Gasteiger partial charge in [-0.05, 0) is 6.42 Å². The molecule has 1 aliphatic heterocycles. The number of hydrogen-bond acceptors (Lipinski definition) is 3. The summed E-state index contributed by atoms with van der Waals surface area (Å²) in [6.45, 7) is 3.59. The van der Waals surface area contributed by atoms with Crippen LogP contribution in [0.3, 0.4) is 0 Å². The van der Waals surface area contributed by atoms with Crippen LogP contribution in [0.2, 0.25) is 0 Å². The third kappa shape index (κ3) is 1.07. The van der Waals surface area contributed by atoms with Crippen LogP contribution in [-0.4, -0.2) is 16.8 Å². The average Bonchev–Trinajstić information content (AvgIpc) is 2.32. The molecule has 0 aromatic heterocycles. The van der Waals surface area contributed by atoms with Crippen molar-refractivity contribution in [1.29, 1.82) is 0 Å². The van der Waals surface area contributed by atoms with Crippen molar-refractivity contribution in [3.8, 4) is 0 Å². The molecule has 0 unspecified atom stereocenters. The van der Waals surface area contributed by atoms with Gasteiger partial charge in [0.1, 0.15) is 0 Å². The van der Waals surface area contributed by atoms with Crippen LogP contribution in [0.4, 0.5) is 0 Å².